The van der Waals surface area contributed by atoms with Gasteiger partial charge in [-0.05, 0) is 37.6 Å². The predicted molar refractivity (Wildman–Crippen MR) is 78.0 cm³/mol. The van der Waals surface area contributed by atoms with Gasteiger partial charge in [-0.3, -0.25) is 0 Å². The van der Waals surface area contributed by atoms with Crippen molar-refractivity contribution in [2.75, 3.05) is 19.7 Å². The number of para-hydroxylation sites is 1. The minimum atomic E-state index is 0.596. The van der Waals surface area contributed by atoms with Crippen LogP contribution in [0.5, 0.6) is 5.88 Å². The van der Waals surface area contributed by atoms with Crippen LogP contribution < -0.4 is 10.1 Å². The lowest BCUT2D eigenvalue weighted by molar-refractivity contribution is 0.315. The molecule has 0 radical (unpaired) electrons. The third kappa shape index (κ3) is 2.44. The Balaban J connectivity index is 2.04. The zero-order chi connectivity index (χ0) is 13.8. The van der Waals surface area contributed by atoms with Crippen LogP contribution in [0, 0.1) is 0 Å². The van der Waals surface area contributed by atoms with E-state index in [0.29, 0.717) is 6.61 Å². The molecular formula is C15H18N4O. The van der Waals surface area contributed by atoms with Gasteiger partial charge in [0.1, 0.15) is 0 Å². The number of rotatable bonds is 4. The third-order valence-electron chi connectivity index (χ3n) is 3.28. The molecular weight excluding hydrogens is 252 g/mol. The summed E-state index contributed by atoms with van der Waals surface area (Å²) in [5, 5.41) is 11.9. The van der Waals surface area contributed by atoms with Crippen LogP contribution in [0.4, 0.5) is 0 Å². The maximum absolute atomic E-state index is 5.79. The molecule has 20 heavy (non-hydrogen) atoms. The minimum Gasteiger partial charge on any atom is -0.476 e. The van der Waals surface area contributed by atoms with Gasteiger partial charge in [0.15, 0.2) is 5.69 Å². The summed E-state index contributed by atoms with van der Waals surface area (Å²) in [5.74, 6) is 0.729. The van der Waals surface area contributed by atoms with Crippen molar-refractivity contribution in [3.63, 3.8) is 0 Å². The van der Waals surface area contributed by atoms with Gasteiger partial charge >= 0.3 is 0 Å². The van der Waals surface area contributed by atoms with Gasteiger partial charge < -0.3 is 10.1 Å². The zero-order valence-electron chi connectivity index (χ0n) is 11.5. The second kappa shape index (κ2) is 5.88. The van der Waals surface area contributed by atoms with Gasteiger partial charge in [-0.15, -0.1) is 5.10 Å². The summed E-state index contributed by atoms with van der Waals surface area (Å²) in [6, 6.07) is 9.94. The summed E-state index contributed by atoms with van der Waals surface area (Å²) >= 11 is 0. The van der Waals surface area contributed by atoms with Crippen LogP contribution in [-0.4, -0.2) is 34.7 Å². The van der Waals surface area contributed by atoms with Crippen LogP contribution in [0.3, 0.4) is 0 Å². The molecule has 1 N–H and O–H groups in total. The molecule has 3 rings (SSSR count). The summed E-state index contributed by atoms with van der Waals surface area (Å²) in [6.45, 7) is 4.41. The second-order valence-corrected chi connectivity index (χ2v) is 4.61. The quantitative estimate of drug-likeness (QED) is 0.923. The van der Waals surface area contributed by atoms with Crippen molar-refractivity contribution < 1.29 is 4.74 Å². The SMILES string of the molecule is CCOc1c(C2=CCNCC2)nnn1-c1ccccc1. The molecule has 1 aliphatic heterocycles. The highest BCUT2D eigenvalue weighted by Gasteiger charge is 2.19. The Kier molecular flexibility index (Phi) is 3.78. The van der Waals surface area contributed by atoms with E-state index in [1.807, 2.05) is 37.3 Å². The fourth-order valence-corrected chi connectivity index (χ4v) is 2.32. The van der Waals surface area contributed by atoms with Crippen LogP contribution in [-0.2, 0) is 0 Å². The summed E-state index contributed by atoms with van der Waals surface area (Å²) in [7, 11) is 0. The monoisotopic (exact) mass is 270 g/mol. The maximum atomic E-state index is 5.79. The fraction of sp³-hybridized carbons (Fsp3) is 0.333. The first kappa shape index (κ1) is 12.9. The van der Waals surface area contributed by atoms with E-state index in [2.05, 4.69) is 21.7 Å². The number of ether oxygens (including phenoxy) is 1. The smallest absolute Gasteiger partial charge is 0.245 e. The van der Waals surface area contributed by atoms with Crippen LogP contribution >= 0.6 is 0 Å². The van der Waals surface area contributed by atoms with Gasteiger partial charge in [0.25, 0.3) is 0 Å². The zero-order valence-corrected chi connectivity index (χ0v) is 11.5. The molecule has 5 heteroatoms. The molecule has 0 unspecified atom stereocenters. The fourth-order valence-electron chi connectivity index (χ4n) is 2.32. The van der Waals surface area contributed by atoms with Crippen molar-refractivity contribution in [3.8, 4) is 11.6 Å². The minimum absolute atomic E-state index is 0.596. The first-order valence-corrected chi connectivity index (χ1v) is 6.94. The first-order valence-electron chi connectivity index (χ1n) is 6.94. The molecule has 0 spiro atoms. The molecule has 0 saturated heterocycles. The molecule has 104 valence electrons. The van der Waals surface area contributed by atoms with Crippen molar-refractivity contribution >= 4 is 5.57 Å². The van der Waals surface area contributed by atoms with Crippen molar-refractivity contribution in [3.05, 3.63) is 42.1 Å². The van der Waals surface area contributed by atoms with E-state index in [9.17, 15) is 0 Å². The second-order valence-electron chi connectivity index (χ2n) is 4.61. The number of nitrogens with one attached hydrogen (secondary N) is 1. The number of hydrogen-bond acceptors (Lipinski definition) is 4. The van der Waals surface area contributed by atoms with Gasteiger partial charge in [-0.25, -0.2) is 0 Å². The molecule has 2 heterocycles. The maximum Gasteiger partial charge on any atom is 0.245 e. The predicted octanol–water partition coefficient (Wildman–Crippen LogP) is 2.04. The van der Waals surface area contributed by atoms with Gasteiger partial charge in [-0.2, -0.15) is 4.68 Å². The Morgan fingerprint density at radius 2 is 2.15 bits per heavy atom. The molecule has 5 nitrogen and oxygen atoms in total. The third-order valence-corrected chi connectivity index (χ3v) is 3.28. The Morgan fingerprint density at radius 3 is 2.85 bits per heavy atom. The number of aromatic nitrogens is 3. The van der Waals surface area contributed by atoms with E-state index in [4.69, 9.17) is 4.74 Å². The van der Waals surface area contributed by atoms with Crippen LogP contribution in [0.1, 0.15) is 19.0 Å². The Labute approximate surface area is 118 Å². The van der Waals surface area contributed by atoms with Crippen LogP contribution in [0.25, 0.3) is 11.3 Å². The number of hydrogen-bond donors (Lipinski definition) is 1. The molecule has 0 amide bonds. The molecule has 0 fully saturated rings. The summed E-state index contributed by atoms with van der Waals surface area (Å²) in [4.78, 5) is 0. The molecule has 0 bridgehead atoms. The standard InChI is InChI=1S/C15H18N4O/c1-2-20-15-14(12-8-10-16-11-9-12)17-18-19(15)13-6-4-3-5-7-13/h3-8,16H,2,9-11H2,1H3. The summed E-state index contributed by atoms with van der Waals surface area (Å²) in [6.07, 6.45) is 3.11. The molecule has 0 aliphatic carbocycles. The molecule has 1 aromatic heterocycles. The highest BCUT2D eigenvalue weighted by molar-refractivity contribution is 5.67. The Morgan fingerprint density at radius 1 is 1.30 bits per heavy atom. The van der Waals surface area contributed by atoms with Gasteiger partial charge in [-0.1, -0.05) is 29.5 Å². The van der Waals surface area contributed by atoms with Crippen molar-refractivity contribution in [2.45, 2.75) is 13.3 Å². The normalized spacial score (nSPS) is 14.9. The molecule has 2 aromatic rings. The van der Waals surface area contributed by atoms with E-state index in [0.717, 1.165) is 36.8 Å². The Bertz CT molecular complexity index is 604. The van der Waals surface area contributed by atoms with Crippen LogP contribution in [0.2, 0.25) is 0 Å². The van der Waals surface area contributed by atoms with Crippen molar-refractivity contribution in [1.82, 2.24) is 20.3 Å². The highest BCUT2D eigenvalue weighted by Crippen LogP contribution is 2.29. The largest absolute Gasteiger partial charge is 0.476 e. The average Bonchev–Trinajstić information content (AvgIpc) is 2.93. The lowest BCUT2D eigenvalue weighted by Crippen LogP contribution is -2.20. The van der Waals surface area contributed by atoms with Crippen molar-refractivity contribution in [2.24, 2.45) is 0 Å². The van der Waals surface area contributed by atoms with Crippen molar-refractivity contribution in [1.29, 1.82) is 0 Å². The topological polar surface area (TPSA) is 52.0 Å². The number of nitrogens with zero attached hydrogens (tertiary/aromatic N) is 3. The first-order chi connectivity index (χ1) is 9.90. The van der Waals surface area contributed by atoms with Gasteiger partial charge in [0.2, 0.25) is 5.88 Å². The highest BCUT2D eigenvalue weighted by atomic mass is 16.5. The lowest BCUT2D eigenvalue weighted by Gasteiger charge is -2.14. The van der Waals surface area contributed by atoms with Crippen LogP contribution in [0.15, 0.2) is 36.4 Å². The van der Waals surface area contributed by atoms with E-state index in [1.54, 1.807) is 4.68 Å². The van der Waals surface area contributed by atoms with Gasteiger partial charge in [0, 0.05) is 6.54 Å². The molecule has 0 atom stereocenters. The summed E-state index contributed by atoms with van der Waals surface area (Å²) < 4.78 is 7.56. The molecule has 1 aromatic carbocycles. The van der Waals surface area contributed by atoms with E-state index in [1.165, 1.54) is 5.57 Å². The Hall–Kier alpha value is -2.14. The van der Waals surface area contributed by atoms with E-state index in [-0.39, 0.29) is 0 Å². The van der Waals surface area contributed by atoms with Gasteiger partial charge in [0.05, 0.1) is 12.3 Å². The average molecular weight is 270 g/mol. The summed E-state index contributed by atoms with van der Waals surface area (Å²) in [5.41, 5.74) is 3.02. The lowest BCUT2D eigenvalue weighted by atomic mass is 10.1. The molecule has 1 aliphatic rings. The number of benzene rings is 1. The van der Waals surface area contributed by atoms with E-state index < -0.39 is 0 Å². The van der Waals surface area contributed by atoms with E-state index >= 15 is 0 Å². The molecule has 0 saturated carbocycles.